The first kappa shape index (κ1) is 12.0. The van der Waals surface area contributed by atoms with Crippen LogP contribution >= 0.6 is 11.6 Å². The molecule has 1 aromatic rings. The molecule has 1 aliphatic heterocycles. The summed E-state index contributed by atoms with van der Waals surface area (Å²) in [5.41, 5.74) is 1.02. The molecule has 1 heterocycles. The molecule has 1 aromatic carbocycles. The Bertz CT molecular complexity index is 503. The Kier molecular flexibility index (Phi) is 2.87. The molecule has 0 radical (unpaired) electrons. The second kappa shape index (κ2) is 4.08. The highest BCUT2D eigenvalue weighted by atomic mass is 35.5. The van der Waals surface area contributed by atoms with Gasteiger partial charge in [0.05, 0.1) is 0 Å². The van der Waals surface area contributed by atoms with Crippen molar-refractivity contribution in [3.05, 3.63) is 40.6 Å². The molecule has 1 aliphatic rings. The molecule has 0 spiro atoms. The van der Waals surface area contributed by atoms with Gasteiger partial charge in [-0.05, 0) is 13.0 Å². The zero-order valence-corrected chi connectivity index (χ0v) is 10.7. The SMILES string of the molecule is CC1=C(c2ccccc2Cl)C(=O)OC(C)(C)O1. The molecule has 0 atom stereocenters. The third-order valence-electron chi connectivity index (χ3n) is 2.44. The summed E-state index contributed by atoms with van der Waals surface area (Å²) in [5, 5.41) is 0.502. The van der Waals surface area contributed by atoms with Gasteiger partial charge in [0, 0.05) is 24.4 Å². The van der Waals surface area contributed by atoms with Gasteiger partial charge < -0.3 is 9.47 Å². The maximum absolute atomic E-state index is 12.0. The number of allylic oxidation sites excluding steroid dienone is 1. The van der Waals surface area contributed by atoms with Gasteiger partial charge in [0.1, 0.15) is 11.3 Å². The van der Waals surface area contributed by atoms with Gasteiger partial charge in [0.15, 0.2) is 0 Å². The fourth-order valence-corrected chi connectivity index (χ4v) is 2.05. The smallest absolute Gasteiger partial charge is 0.345 e. The summed E-state index contributed by atoms with van der Waals surface area (Å²) in [6.45, 7) is 5.12. The number of esters is 1. The molecule has 0 N–H and O–H groups in total. The van der Waals surface area contributed by atoms with Crippen LogP contribution in [0.5, 0.6) is 0 Å². The number of ether oxygens (including phenoxy) is 2. The molecular weight excluding hydrogens is 240 g/mol. The van der Waals surface area contributed by atoms with Crippen molar-refractivity contribution in [3.63, 3.8) is 0 Å². The van der Waals surface area contributed by atoms with E-state index in [2.05, 4.69) is 0 Å². The third kappa shape index (κ3) is 2.29. The number of hydrogen-bond donors (Lipinski definition) is 0. The lowest BCUT2D eigenvalue weighted by atomic mass is 10.0. The molecule has 0 aromatic heterocycles. The topological polar surface area (TPSA) is 35.5 Å². The minimum atomic E-state index is -0.925. The highest BCUT2D eigenvalue weighted by Crippen LogP contribution is 2.34. The zero-order chi connectivity index (χ0) is 12.6. The van der Waals surface area contributed by atoms with Crippen molar-refractivity contribution in [2.45, 2.75) is 26.6 Å². The van der Waals surface area contributed by atoms with E-state index in [9.17, 15) is 4.79 Å². The highest BCUT2D eigenvalue weighted by molar-refractivity contribution is 6.34. The first-order valence-electron chi connectivity index (χ1n) is 5.29. The van der Waals surface area contributed by atoms with Crippen LogP contribution in [0, 0.1) is 0 Å². The van der Waals surface area contributed by atoms with E-state index >= 15 is 0 Å². The second-order valence-electron chi connectivity index (χ2n) is 4.30. The molecule has 0 amide bonds. The summed E-state index contributed by atoms with van der Waals surface area (Å²) >= 11 is 6.06. The third-order valence-corrected chi connectivity index (χ3v) is 2.77. The molecule has 90 valence electrons. The lowest BCUT2D eigenvalue weighted by Crippen LogP contribution is -2.35. The molecule has 0 unspecified atom stereocenters. The van der Waals surface area contributed by atoms with Crippen molar-refractivity contribution in [1.82, 2.24) is 0 Å². The maximum atomic E-state index is 12.0. The lowest BCUT2D eigenvalue weighted by molar-refractivity contribution is -0.202. The van der Waals surface area contributed by atoms with E-state index in [-0.39, 0.29) is 0 Å². The molecule has 2 rings (SSSR count). The van der Waals surface area contributed by atoms with Gasteiger partial charge in [-0.3, -0.25) is 0 Å². The molecule has 17 heavy (non-hydrogen) atoms. The van der Waals surface area contributed by atoms with Gasteiger partial charge in [0.2, 0.25) is 5.79 Å². The summed E-state index contributed by atoms with van der Waals surface area (Å²) in [6, 6.07) is 7.11. The van der Waals surface area contributed by atoms with Gasteiger partial charge in [-0.2, -0.15) is 0 Å². The summed E-state index contributed by atoms with van der Waals surface area (Å²) in [5.74, 6) is -0.808. The molecule has 0 saturated carbocycles. The highest BCUT2D eigenvalue weighted by Gasteiger charge is 2.35. The van der Waals surface area contributed by atoms with Crippen molar-refractivity contribution >= 4 is 23.1 Å². The Labute approximate surface area is 105 Å². The Morgan fingerprint density at radius 1 is 1.18 bits per heavy atom. The van der Waals surface area contributed by atoms with Crippen LogP contribution in [-0.4, -0.2) is 11.8 Å². The van der Waals surface area contributed by atoms with E-state index in [4.69, 9.17) is 21.1 Å². The van der Waals surface area contributed by atoms with E-state index in [1.165, 1.54) is 0 Å². The lowest BCUT2D eigenvalue weighted by Gasteiger charge is -2.32. The van der Waals surface area contributed by atoms with Gasteiger partial charge in [0.25, 0.3) is 0 Å². The van der Waals surface area contributed by atoms with Crippen LogP contribution in [0.2, 0.25) is 5.02 Å². The predicted molar refractivity (Wildman–Crippen MR) is 65.3 cm³/mol. The average molecular weight is 253 g/mol. The summed E-state index contributed by atoms with van der Waals surface area (Å²) in [7, 11) is 0. The van der Waals surface area contributed by atoms with Crippen molar-refractivity contribution in [3.8, 4) is 0 Å². The monoisotopic (exact) mass is 252 g/mol. The fraction of sp³-hybridized carbons (Fsp3) is 0.308. The fourth-order valence-electron chi connectivity index (χ4n) is 1.82. The standard InChI is InChI=1S/C13H13ClO3/c1-8-11(9-6-4-5-7-10(9)14)12(15)17-13(2,3)16-8/h4-7H,1-3H3. The van der Waals surface area contributed by atoms with Crippen LogP contribution in [0.25, 0.3) is 5.57 Å². The quantitative estimate of drug-likeness (QED) is 0.719. The van der Waals surface area contributed by atoms with Gasteiger partial charge in [-0.25, -0.2) is 4.79 Å². The van der Waals surface area contributed by atoms with Crippen LogP contribution in [-0.2, 0) is 14.3 Å². The van der Waals surface area contributed by atoms with E-state index in [1.807, 2.05) is 6.07 Å². The zero-order valence-electron chi connectivity index (χ0n) is 9.91. The molecule has 3 nitrogen and oxygen atoms in total. The van der Waals surface area contributed by atoms with Crippen molar-refractivity contribution in [2.75, 3.05) is 0 Å². The van der Waals surface area contributed by atoms with E-state index in [0.717, 1.165) is 0 Å². The van der Waals surface area contributed by atoms with Crippen LogP contribution in [0.15, 0.2) is 30.0 Å². The first-order valence-corrected chi connectivity index (χ1v) is 5.66. The summed E-state index contributed by atoms with van der Waals surface area (Å²) in [4.78, 5) is 12.0. The van der Waals surface area contributed by atoms with E-state index in [0.29, 0.717) is 21.9 Å². The van der Waals surface area contributed by atoms with Crippen LogP contribution in [0.4, 0.5) is 0 Å². The van der Waals surface area contributed by atoms with Crippen molar-refractivity contribution < 1.29 is 14.3 Å². The molecule has 0 aliphatic carbocycles. The molecule has 4 heteroatoms. The van der Waals surface area contributed by atoms with E-state index < -0.39 is 11.8 Å². The number of hydrogen-bond acceptors (Lipinski definition) is 3. The van der Waals surface area contributed by atoms with Gasteiger partial charge in [-0.1, -0.05) is 29.8 Å². The number of carbonyl (C=O) groups excluding carboxylic acids is 1. The number of halogens is 1. The minimum Gasteiger partial charge on any atom is -0.457 e. The predicted octanol–water partition coefficient (Wildman–Crippen LogP) is 3.38. The van der Waals surface area contributed by atoms with Crippen LogP contribution in [0.1, 0.15) is 26.3 Å². The van der Waals surface area contributed by atoms with Crippen molar-refractivity contribution in [1.29, 1.82) is 0 Å². The van der Waals surface area contributed by atoms with Gasteiger partial charge in [-0.15, -0.1) is 0 Å². The van der Waals surface area contributed by atoms with E-state index in [1.54, 1.807) is 39.0 Å². The number of cyclic esters (lactones) is 1. The molecule has 0 bridgehead atoms. The maximum Gasteiger partial charge on any atom is 0.345 e. The van der Waals surface area contributed by atoms with Crippen LogP contribution < -0.4 is 0 Å². The number of benzene rings is 1. The normalized spacial score (nSPS) is 18.7. The Morgan fingerprint density at radius 3 is 2.41 bits per heavy atom. The Hall–Kier alpha value is -1.48. The minimum absolute atomic E-state index is 0.384. The largest absolute Gasteiger partial charge is 0.457 e. The average Bonchev–Trinajstić information content (AvgIpc) is 2.17. The summed E-state index contributed by atoms with van der Waals surface area (Å²) in [6.07, 6.45) is 0. The Balaban J connectivity index is 2.52. The van der Waals surface area contributed by atoms with Gasteiger partial charge >= 0.3 is 5.97 Å². The van der Waals surface area contributed by atoms with Crippen molar-refractivity contribution in [2.24, 2.45) is 0 Å². The first-order chi connectivity index (χ1) is 7.91. The number of rotatable bonds is 1. The Morgan fingerprint density at radius 2 is 1.82 bits per heavy atom. The molecule has 0 fully saturated rings. The van der Waals surface area contributed by atoms with Crippen LogP contribution in [0.3, 0.4) is 0 Å². The number of carbonyl (C=O) groups is 1. The second-order valence-corrected chi connectivity index (χ2v) is 4.71. The summed E-state index contributed by atoms with van der Waals surface area (Å²) < 4.78 is 10.7. The molecular formula is C13H13ClO3. The molecule has 0 saturated heterocycles.